The number of amides is 1. The van der Waals surface area contributed by atoms with E-state index in [1.54, 1.807) is 44.2 Å². The number of carbonyl (C=O) groups excluding carboxylic acids is 1. The number of hydrogen-bond donors (Lipinski definition) is 1. The summed E-state index contributed by atoms with van der Waals surface area (Å²) >= 11 is 0. The van der Waals surface area contributed by atoms with Crippen LogP contribution >= 0.6 is 0 Å². The van der Waals surface area contributed by atoms with Crippen LogP contribution in [-0.4, -0.2) is 43.0 Å². The molecular weight excluding hydrogens is 434 g/mol. The zero-order valence-electron chi connectivity index (χ0n) is 18.3. The fraction of sp³-hybridized carbons (Fsp3) is 0.318. The molecule has 9 nitrogen and oxygen atoms in total. The Hall–Kier alpha value is -3.40. The number of nitrogens with zero attached hydrogens (tertiary/aromatic N) is 2. The van der Waals surface area contributed by atoms with E-state index in [0.29, 0.717) is 35.8 Å². The van der Waals surface area contributed by atoms with Gasteiger partial charge >= 0.3 is 6.01 Å². The Morgan fingerprint density at radius 3 is 2.44 bits per heavy atom. The Morgan fingerprint density at radius 2 is 1.75 bits per heavy atom. The summed E-state index contributed by atoms with van der Waals surface area (Å²) in [7, 11) is -3.45. The van der Waals surface area contributed by atoms with Crippen LogP contribution in [0.5, 0.6) is 11.5 Å². The lowest BCUT2D eigenvalue weighted by Gasteiger charge is -2.11. The van der Waals surface area contributed by atoms with E-state index >= 15 is 0 Å². The van der Waals surface area contributed by atoms with Crippen LogP contribution in [0.2, 0.25) is 0 Å². The molecule has 0 saturated carbocycles. The largest absolute Gasteiger partial charge is 0.490 e. The summed E-state index contributed by atoms with van der Waals surface area (Å²) in [6.45, 7) is 7.81. The molecule has 3 aromatic rings. The Kier molecular flexibility index (Phi) is 7.14. The molecule has 10 heteroatoms. The van der Waals surface area contributed by atoms with Crippen LogP contribution in [0.4, 0.5) is 6.01 Å². The van der Waals surface area contributed by atoms with Gasteiger partial charge in [-0.05, 0) is 64.1 Å². The van der Waals surface area contributed by atoms with E-state index in [1.807, 2.05) is 13.8 Å². The lowest BCUT2D eigenvalue weighted by molar-refractivity contribution is 0.102. The van der Waals surface area contributed by atoms with Crippen LogP contribution in [0.3, 0.4) is 0 Å². The Bertz CT molecular complexity index is 1200. The van der Waals surface area contributed by atoms with Gasteiger partial charge in [-0.15, -0.1) is 5.10 Å². The first-order valence-corrected chi connectivity index (χ1v) is 11.7. The Morgan fingerprint density at radius 1 is 1.03 bits per heavy atom. The molecule has 2 aromatic carbocycles. The van der Waals surface area contributed by atoms with Gasteiger partial charge in [0.25, 0.3) is 5.91 Å². The average Bonchev–Trinajstić information content (AvgIpc) is 3.23. The molecule has 0 aliphatic heterocycles. The number of ether oxygens (including phenoxy) is 2. The van der Waals surface area contributed by atoms with Crippen molar-refractivity contribution in [3.05, 3.63) is 48.0 Å². The monoisotopic (exact) mass is 459 g/mol. The van der Waals surface area contributed by atoms with Crippen molar-refractivity contribution in [2.45, 2.75) is 37.8 Å². The normalized spacial score (nSPS) is 11.4. The number of aromatic nitrogens is 2. The smallest absolute Gasteiger partial charge is 0.322 e. The lowest BCUT2D eigenvalue weighted by atomic mass is 10.2. The quantitative estimate of drug-likeness (QED) is 0.510. The standard InChI is InChI=1S/C22H25N3O6S/c1-5-29-18-11-10-15(13-19(18)30-6-2)20(26)23-22-25-24-21(31-22)16-8-7-9-17(12-16)32(27,28)14(3)4/h7-14H,5-6H2,1-4H3,(H,23,25,26). The number of benzene rings is 2. The third-order valence-electron chi connectivity index (χ3n) is 4.48. The maximum absolute atomic E-state index is 12.6. The third kappa shape index (κ3) is 5.08. The van der Waals surface area contributed by atoms with Gasteiger partial charge in [-0.2, -0.15) is 0 Å². The van der Waals surface area contributed by atoms with Crippen molar-refractivity contribution >= 4 is 21.8 Å². The van der Waals surface area contributed by atoms with Crippen molar-refractivity contribution in [3.63, 3.8) is 0 Å². The summed E-state index contributed by atoms with van der Waals surface area (Å²) in [6.07, 6.45) is 0. The number of hydrogen-bond acceptors (Lipinski definition) is 8. The predicted octanol–water partition coefficient (Wildman–Crippen LogP) is 3.97. The molecule has 3 rings (SSSR count). The lowest BCUT2D eigenvalue weighted by Crippen LogP contribution is -2.13. The van der Waals surface area contributed by atoms with Crippen molar-refractivity contribution in [1.29, 1.82) is 0 Å². The second-order valence-electron chi connectivity index (χ2n) is 7.02. The number of anilines is 1. The van der Waals surface area contributed by atoms with Crippen LogP contribution in [0.15, 0.2) is 51.8 Å². The van der Waals surface area contributed by atoms with Crippen molar-refractivity contribution in [3.8, 4) is 23.0 Å². The highest BCUT2D eigenvalue weighted by molar-refractivity contribution is 7.92. The van der Waals surface area contributed by atoms with Gasteiger partial charge in [-0.25, -0.2) is 8.42 Å². The maximum atomic E-state index is 12.6. The zero-order chi connectivity index (χ0) is 23.3. The van der Waals surface area contributed by atoms with Crippen LogP contribution in [0, 0.1) is 0 Å². The van der Waals surface area contributed by atoms with E-state index in [-0.39, 0.29) is 16.8 Å². The first-order chi connectivity index (χ1) is 15.3. The number of carbonyl (C=O) groups is 1. The highest BCUT2D eigenvalue weighted by atomic mass is 32.2. The molecule has 0 saturated heterocycles. The van der Waals surface area contributed by atoms with E-state index in [2.05, 4.69) is 15.5 Å². The van der Waals surface area contributed by atoms with E-state index in [9.17, 15) is 13.2 Å². The molecular formula is C22H25N3O6S. The number of sulfone groups is 1. The van der Waals surface area contributed by atoms with Crippen LogP contribution in [0.1, 0.15) is 38.1 Å². The van der Waals surface area contributed by atoms with Crippen LogP contribution in [0.25, 0.3) is 11.5 Å². The van der Waals surface area contributed by atoms with E-state index in [4.69, 9.17) is 13.9 Å². The van der Waals surface area contributed by atoms with Crippen molar-refractivity contribution in [1.82, 2.24) is 10.2 Å². The molecule has 1 amide bonds. The van der Waals surface area contributed by atoms with E-state index in [1.165, 1.54) is 12.1 Å². The molecule has 0 atom stereocenters. The molecule has 170 valence electrons. The zero-order valence-corrected chi connectivity index (χ0v) is 19.1. The fourth-order valence-corrected chi connectivity index (χ4v) is 3.93. The summed E-state index contributed by atoms with van der Waals surface area (Å²) in [6, 6.07) is 10.9. The van der Waals surface area contributed by atoms with Gasteiger partial charge in [0.2, 0.25) is 5.89 Å². The van der Waals surface area contributed by atoms with Gasteiger partial charge in [-0.3, -0.25) is 10.1 Å². The van der Waals surface area contributed by atoms with Gasteiger partial charge in [0.05, 0.1) is 23.4 Å². The summed E-state index contributed by atoms with van der Waals surface area (Å²) in [4.78, 5) is 12.8. The first-order valence-electron chi connectivity index (χ1n) is 10.1. The highest BCUT2D eigenvalue weighted by Gasteiger charge is 2.21. The second-order valence-corrected chi connectivity index (χ2v) is 9.52. The van der Waals surface area contributed by atoms with Crippen LogP contribution in [-0.2, 0) is 9.84 Å². The van der Waals surface area contributed by atoms with Crippen molar-refractivity contribution in [2.75, 3.05) is 18.5 Å². The van der Waals surface area contributed by atoms with Gasteiger partial charge < -0.3 is 13.9 Å². The summed E-state index contributed by atoms with van der Waals surface area (Å²) in [5, 5.41) is 9.73. The molecule has 1 heterocycles. The molecule has 0 aliphatic rings. The third-order valence-corrected chi connectivity index (χ3v) is 6.63. The Balaban J connectivity index is 1.80. The van der Waals surface area contributed by atoms with Gasteiger partial charge in [0.15, 0.2) is 21.3 Å². The average molecular weight is 460 g/mol. The molecule has 0 spiro atoms. The second kappa shape index (κ2) is 9.82. The highest BCUT2D eigenvalue weighted by Crippen LogP contribution is 2.29. The summed E-state index contributed by atoms with van der Waals surface area (Å²) < 4.78 is 41.4. The fourth-order valence-electron chi connectivity index (χ4n) is 2.83. The van der Waals surface area contributed by atoms with E-state index in [0.717, 1.165) is 0 Å². The molecule has 0 bridgehead atoms. The summed E-state index contributed by atoms with van der Waals surface area (Å²) in [5.41, 5.74) is 0.751. The first kappa shape index (κ1) is 23.3. The molecule has 0 unspecified atom stereocenters. The van der Waals surface area contributed by atoms with Gasteiger partial charge in [0, 0.05) is 11.1 Å². The molecule has 0 aliphatic carbocycles. The SMILES string of the molecule is CCOc1ccc(C(=O)Nc2nnc(-c3cccc(S(=O)(=O)C(C)C)c3)o2)cc1OCC. The van der Waals surface area contributed by atoms with Crippen molar-refractivity contribution in [2.24, 2.45) is 0 Å². The molecule has 32 heavy (non-hydrogen) atoms. The molecule has 1 N–H and O–H groups in total. The Labute approximate surface area is 186 Å². The molecule has 0 fully saturated rings. The van der Waals surface area contributed by atoms with Crippen LogP contribution < -0.4 is 14.8 Å². The predicted molar refractivity (Wildman–Crippen MR) is 119 cm³/mol. The summed E-state index contributed by atoms with van der Waals surface area (Å²) in [5.74, 6) is 0.613. The minimum Gasteiger partial charge on any atom is -0.490 e. The van der Waals surface area contributed by atoms with Crippen molar-refractivity contribution < 1.29 is 27.1 Å². The number of nitrogens with one attached hydrogen (secondary N) is 1. The topological polar surface area (TPSA) is 121 Å². The van der Waals surface area contributed by atoms with E-state index < -0.39 is 21.0 Å². The van der Waals surface area contributed by atoms with Gasteiger partial charge in [0.1, 0.15) is 0 Å². The number of rotatable bonds is 9. The maximum Gasteiger partial charge on any atom is 0.322 e. The minimum atomic E-state index is -3.45. The molecule has 1 aromatic heterocycles. The van der Waals surface area contributed by atoms with Gasteiger partial charge in [-0.1, -0.05) is 11.2 Å². The molecule has 0 radical (unpaired) electrons. The minimum absolute atomic E-state index is 0.0859.